The van der Waals surface area contributed by atoms with Gasteiger partial charge >= 0.3 is 11.9 Å². The molecule has 0 amide bonds. The molecule has 1 saturated heterocycles. The topological polar surface area (TPSA) is 102 Å². The number of ether oxygens (including phenoxy) is 3. The maximum atomic E-state index is 13.6. The number of Topliss-reactive ketones (excluding diaryl/α,β-unsaturated/α-hetero) is 1. The van der Waals surface area contributed by atoms with Gasteiger partial charge in [0.25, 0.3) is 0 Å². The highest BCUT2D eigenvalue weighted by Gasteiger charge is 2.76. The minimum absolute atomic E-state index is 0.0810. The fourth-order valence-electron chi connectivity index (χ4n) is 12.7. The van der Waals surface area contributed by atoms with Crippen molar-refractivity contribution in [2.45, 2.75) is 324 Å². The van der Waals surface area contributed by atoms with E-state index in [0.717, 1.165) is 60.8 Å². The molecular weight excluding hydrogens is 1000 g/mol. The van der Waals surface area contributed by atoms with Crippen LogP contribution in [0.3, 0.4) is 0 Å². The number of epoxide rings is 1. The lowest BCUT2D eigenvalue weighted by molar-refractivity contribution is -0.156. The number of aliphatic hydroxyl groups is 1. The van der Waals surface area contributed by atoms with Gasteiger partial charge in [-0.1, -0.05) is 254 Å². The quantitative estimate of drug-likeness (QED) is 0.0124. The Balaban J connectivity index is 1.36. The molecule has 456 valence electrons. The van der Waals surface area contributed by atoms with E-state index in [1.54, 1.807) is 0 Å². The lowest BCUT2D eigenvalue weighted by atomic mass is 9.61. The van der Waals surface area contributed by atoms with Gasteiger partial charge in [0.1, 0.15) is 17.8 Å². The molecule has 3 rings (SSSR count). The van der Waals surface area contributed by atoms with Crippen molar-refractivity contribution in [1.29, 1.82) is 0 Å². The Hall–Kier alpha value is -4.03. The van der Waals surface area contributed by atoms with Gasteiger partial charge in [0, 0.05) is 43.1 Å². The van der Waals surface area contributed by atoms with Crippen LogP contribution in [-0.2, 0) is 28.6 Å². The van der Waals surface area contributed by atoms with Gasteiger partial charge in [0.2, 0.25) is 0 Å². The van der Waals surface area contributed by atoms with E-state index >= 15 is 0 Å². The Morgan fingerprint density at radius 1 is 0.531 bits per heavy atom. The lowest BCUT2D eigenvalue weighted by Gasteiger charge is -2.44. The van der Waals surface area contributed by atoms with Gasteiger partial charge in [0.05, 0.1) is 11.2 Å². The molecule has 7 nitrogen and oxygen atoms in total. The number of hydrogen-bond donors (Lipinski definition) is 1. The molecule has 3 fully saturated rings. The van der Waals surface area contributed by atoms with Crippen molar-refractivity contribution < 1.29 is 33.7 Å². The summed E-state index contributed by atoms with van der Waals surface area (Å²) in [5.74, 6) is -0.182. The molecule has 0 bridgehead atoms. The van der Waals surface area contributed by atoms with Crippen molar-refractivity contribution in [3.8, 4) is 0 Å². The summed E-state index contributed by atoms with van der Waals surface area (Å²) in [4.78, 5) is 39.4. The summed E-state index contributed by atoms with van der Waals surface area (Å²) in [6, 6.07) is 0. The summed E-state index contributed by atoms with van der Waals surface area (Å²) in [5, 5.41) is 11.6. The van der Waals surface area contributed by atoms with E-state index in [1.165, 1.54) is 128 Å². The van der Waals surface area contributed by atoms with Gasteiger partial charge in [0.15, 0.2) is 5.78 Å². The van der Waals surface area contributed by atoms with E-state index in [4.69, 9.17) is 14.2 Å². The van der Waals surface area contributed by atoms with Gasteiger partial charge in [-0.3, -0.25) is 14.4 Å². The molecule has 2 saturated carbocycles. The van der Waals surface area contributed by atoms with Crippen LogP contribution in [0.25, 0.3) is 0 Å². The molecule has 5 atom stereocenters. The second-order valence-electron chi connectivity index (χ2n) is 26.5. The van der Waals surface area contributed by atoms with Gasteiger partial charge in [-0.25, -0.2) is 0 Å². The molecule has 81 heavy (non-hydrogen) atoms. The van der Waals surface area contributed by atoms with Crippen molar-refractivity contribution >= 4 is 17.7 Å². The first kappa shape index (κ1) is 71.2. The van der Waals surface area contributed by atoms with E-state index in [1.807, 2.05) is 82.4 Å². The molecule has 0 spiro atoms. The Bertz CT molecular complexity index is 2190. The number of carbonyl (C=O) groups excluding carboxylic acids is 3. The average molecular weight is 1120 g/mol. The maximum absolute atomic E-state index is 13.6. The maximum Gasteiger partial charge on any atom is 0.306 e. The van der Waals surface area contributed by atoms with Crippen molar-refractivity contribution in [2.75, 3.05) is 0 Å². The van der Waals surface area contributed by atoms with Gasteiger partial charge in [-0.05, 0) is 116 Å². The fourth-order valence-corrected chi connectivity index (χ4v) is 12.7. The molecular formula is C74H118O7. The molecule has 0 radical (unpaired) electrons. The molecule has 7 heteroatoms. The van der Waals surface area contributed by atoms with Crippen LogP contribution in [-0.4, -0.2) is 51.8 Å². The summed E-state index contributed by atoms with van der Waals surface area (Å²) in [6.07, 6.45) is 62.3. The molecule has 2 aliphatic carbocycles. The molecule has 3 aliphatic rings. The summed E-state index contributed by atoms with van der Waals surface area (Å²) in [7, 11) is 0. The zero-order valence-corrected chi connectivity index (χ0v) is 53.9. The van der Waals surface area contributed by atoms with Crippen molar-refractivity contribution in [3.63, 3.8) is 0 Å². The average Bonchev–Trinajstić information content (AvgIpc) is 2.17. The second-order valence-corrected chi connectivity index (χ2v) is 26.5. The Labute approximate surface area is 496 Å². The number of ketones is 1. The third-order valence-electron chi connectivity index (χ3n) is 17.5. The van der Waals surface area contributed by atoms with Crippen LogP contribution >= 0.6 is 0 Å². The van der Waals surface area contributed by atoms with Crippen LogP contribution in [0, 0.1) is 10.8 Å². The zero-order chi connectivity index (χ0) is 59.6. The second kappa shape index (κ2) is 38.0. The Morgan fingerprint density at radius 2 is 0.951 bits per heavy atom. The number of fused-ring (bicyclic) bond motifs is 1. The predicted octanol–water partition coefficient (Wildman–Crippen LogP) is 20.7. The first-order valence-electron chi connectivity index (χ1n) is 32.8. The molecule has 0 aromatic carbocycles. The van der Waals surface area contributed by atoms with Crippen molar-refractivity contribution in [2.24, 2.45) is 10.8 Å². The highest BCUT2D eigenvalue weighted by atomic mass is 16.6. The zero-order valence-electron chi connectivity index (χ0n) is 53.9. The van der Waals surface area contributed by atoms with Gasteiger partial charge < -0.3 is 19.3 Å². The summed E-state index contributed by atoms with van der Waals surface area (Å²) in [6.45, 7) is 25.0. The predicted molar refractivity (Wildman–Crippen MR) is 342 cm³/mol. The first-order chi connectivity index (χ1) is 38.6. The largest absolute Gasteiger partial charge is 0.462 e. The first-order valence-corrected chi connectivity index (χ1v) is 32.8. The molecule has 1 N–H and O–H groups in total. The van der Waals surface area contributed by atoms with Crippen molar-refractivity contribution in [1.82, 2.24) is 0 Å². The fraction of sp³-hybridized carbons (Fsp3) is 0.703. The summed E-state index contributed by atoms with van der Waals surface area (Å²) >= 11 is 0. The smallest absolute Gasteiger partial charge is 0.306 e. The minimum Gasteiger partial charge on any atom is -0.462 e. The van der Waals surface area contributed by atoms with E-state index in [-0.39, 0.29) is 40.8 Å². The minimum atomic E-state index is -1.13. The van der Waals surface area contributed by atoms with Crippen LogP contribution in [0.2, 0.25) is 0 Å². The molecule has 0 aromatic heterocycles. The van der Waals surface area contributed by atoms with Crippen LogP contribution in [0.1, 0.15) is 295 Å². The van der Waals surface area contributed by atoms with E-state index < -0.39 is 16.8 Å². The molecule has 0 aromatic rings. The molecule has 1 aliphatic heterocycles. The third-order valence-corrected chi connectivity index (χ3v) is 17.5. The normalized spacial score (nSPS) is 24.1. The lowest BCUT2D eigenvalue weighted by Crippen LogP contribution is -2.49. The van der Waals surface area contributed by atoms with Crippen LogP contribution in [0.4, 0.5) is 0 Å². The summed E-state index contributed by atoms with van der Waals surface area (Å²) in [5.41, 5.74) is 5.24. The third kappa shape index (κ3) is 27.5. The number of rotatable bonds is 41. The van der Waals surface area contributed by atoms with Crippen LogP contribution < -0.4 is 0 Å². The standard InChI is InChI=1S/C74H118O7/c1-13-15-17-19-21-23-25-27-28-30-32-34-36-38-40-52-69(77)80-65-56-71(9,10)74(73(12,58-65)81-74)59-66(75)63(6)50-44-49-61(4)46-42-41-45-60(3)47-43-48-62(5)53-54-67-70(7,8)55-64(57-72(67,11)78)79-68(76)51-39-37-35-33-31-29-26-24-22-20-18-16-14-2/h24,26,41-50,53,64-65,78H,13-23,25,27-40,51-52,55-59H2,1-12H3/b26-24-,42-41+,47-43+,49-44+,60-45+,61-46+,62-48+,63-50+/t54?,64-,65-,72+,73+,74-/m0/s1. The number of unbranched alkanes of at least 4 members (excludes halogenated alkanes) is 23. The highest BCUT2D eigenvalue weighted by Crippen LogP contribution is 2.67. The monoisotopic (exact) mass is 1120 g/mol. The number of hydrogen-bond acceptors (Lipinski definition) is 7. The molecule has 0 unspecified atom stereocenters. The van der Waals surface area contributed by atoms with E-state index in [9.17, 15) is 19.5 Å². The number of carbonyl (C=O) groups is 3. The van der Waals surface area contributed by atoms with E-state index in [0.29, 0.717) is 50.5 Å². The Morgan fingerprint density at radius 3 is 1.42 bits per heavy atom. The molecule has 1 heterocycles. The Kier molecular flexibility index (Phi) is 33.4. The van der Waals surface area contributed by atoms with Crippen molar-refractivity contribution in [3.05, 3.63) is 113 Å². The number of allylic oxidation sites excluding steroid dienone is 16. The number of esters is 2. The SMILES string of the molecule is CCCCCC/C=C\CCCCCCCC(=O)O[C@H]1CC(C)(C)C(=C=C/C(C)=C/C=C/C(C)=C/C=C/C=C(C)/C=C/C=C(\C)C(=O)C[C@@]23O[C@]2(C)C[C@@H](OC(=O)CCCCCCCCCCCCCCCCC)CC3(C)C)[C@](C)(O)C1. The van der Waals surface area contributed by atoms with Crippen LogP contribution in [0.5, 0.6) is 0 Å². The van der Waals surface area contributed by atoms with Crippen LogP contribution in [0.15, 0.2) is 113 Å². The highest BCUT2D eigenvalue weighted by molar-refractivity contribution is 5.96. The summed E-state index contributed by atoms with van der Waals surface area (Å²) < 4.78 is 18.5. The van der Waals surface area contributed by atoms with E-state index in [2.05, 4.69) is 85.4 Å². The van der Waals surface area contributed by atoms with Gasteiger partial charge in [-0.2, -0.15) is 0 Å². The van der Waals surface area contributed by atoms with Gasteiger partial charge in [-0.15, -0.1) is 5.73 Å².